The number of carbonyl (C=O) groups is 2. The summed E-state index contributed by atoms with van der Waals surface area (Å²) < 4.78 is 21.2. The maximum Gasteiger partial charge on any atom is 0.414 e. The van der Waals surface area contributed by atoms with E-state index in [-0.39, 0.29) is 28.8 Å². The number of nitrogens with zero attached hydrogens (tertiary/aromatic N) is 4. The summed E-state index contributed by atoms with van der Waals surface area (Å²) in [6.45, 7) is 16.7. The van der Waals surface area contributed by atoms with E-state index >= 15 is 0 Å². The lowest BCUT2D eigenvalue weighted by Gasteiger charge is -2.45. The summed E-state index contributed by atoms with van der Waals surface area (Å²) in [6.07, 6.45) is 0.973. The number of nitrogens with one attached hydrogen (secondary N) is 1. The van der Waals surface area contributed by atoms with Gasteiger partial charge >= 0.3 is 12.1 Å². The Bertz CT molecular complexity index is 2370. The lowest BCUT2D eigenvalue weighted by atomic mass is 10.0. The molecule has 0 unspecified atom stereocenters. The number of carbonyl (C=O) groups excluding carboxylic acids is 2. The van der Waals surface area contributed by atoms with Gasteiger partial charge in [-0.2, -0.15) is 9.97 Å². The van der Waals surface area contributed by atoms with Crippen LogP contribution in [0.25, 0.3) is 22.3 Å². The number of anilines is 1. The number of imidazole rings is 1. The molecule has 10 nitrogen and oxygen atoms in total. The molecule has 12 heteroatoms. The van der Waals surface area contributed by atoms with Gasteiger partial charge in [0.2, 0.25) is 5.95 Å². The Hall–Kier alpha value is -5.62. The minimum absolute atomic E-state index is 0.0269. The Labute approximate surface area is 345 Å². The molecule has 2 aromatic heterocycles. The largest absolute Gasteiger partial charge is 0.461 e. The number of rotatable bonds is 10. The summed E-state index contributed by atoms with van der Waals surface area (Å²) in [7, 11) is -3.08. The predicted molar refractivity (Wildman–Crippen MR) is 231 cm³/mol. The molecule has 3 atom stereocenters. The molecule has 0 aliphatic heterocycles. The van der Waals surface area contributed by atoms with Crippen molar-refractivity contribution < 1.29 is 23.5 Å². The summed E-state index contributed by atoms with van der Waals surface area (Å²) in [5.74, 6) is -0.875. The highest BCUT2D eigenvalue weighted by Crippen LogP contribution is 2.46. The van der Waals surface area contributed by atoms with Gasteiger partial charge < -0.3 is 18.5 Å². The zero-order chi connectivity index (χ0) is 41.2. The average molecular weight is 814 g/mol. The van der Waals surface area contributed by atoms with Gasteiger partial charge in [-0.25, -0.2) is 14.6 Å². The highest BCUT2D eigenvalue weighted by atomic mass is 35.5. The molecule has 1 aliphatic rings. The third kappa shape index (κ3) is 8.34. The molecule has 4 aromatic carbocycles. The first-order valence-electron chi connectivity index (χ1n) is 19.3. The van der Waals surface area contributed by atoms with Crippen molar-refractivity contribution in [3.63, 3.8) is 0 Å². The molecular weight excluding hydrogens is 766 g/mol. The number of ether oxygens (including phenoxy) is 2. The monoisotopic (exact) mass is 813 g/mol. The molecular formula is C46H48ClN5O5Si. The van der Waals surface area contributed by atoms with Gasteiger partial charge in [0.1, 0.15) is 17.7 Å². The summed E-state index contributed by atoms with van der Waals surface area (Å²) >= 11 is 6.63. The minimum Gasteiger partial charge on any atom is -0.461 e. The first kappa shape index (κ1) is 40.6. The van der Waals surface area contributed by atoms with Crippen LogP contribution in [0.4, 0.5) is 10.7 Å². The number of hydrogen-bond acceptors (Lipinski definition) is 8. The molecule has 58 heavy (non-hydrogen) atoms. The Morgan fingerprint density at radius 3 is 1.97 bits per heavy atom. The lowest BCUT2D eigenvalue weighted by molar-refractivity contribution is 0.0365. The quantitative estimate of drug-likeness (QED) is 0.0630. The van der Waals surface area contributed by atoms with Crippen LogP contribution < -0.4 is 15.7 Å². The van der Waals surface area contributed by atoms with Crippen LogP contribution in [0.3, 0.4) is 0 Å². The van der Waals surface area contributed by atoms with Gasteiger partial charge in [-0.15, -0.1) is 0 Å². The number of benzene rings is 4. The van der Waals surface area contributed by atoms with Crippen molar-refractivity contribution in [1.82, 2.24) is 19.5 Å². The summed E-state index contributed by atoms with van der Waals surface area (Å²) in [5, 5.41) is 4.61. The molecule has 7 rings (SSSR count). The Morgan fingerprint density at radius 1 is 0.828 bits per heavy atom. The highest BCUT2D eigenvalue weighted by Gasteiger charge is 2.54. The Kier molecular flexibility index (Phi) is 11.4. The number of amides is 1. The number of esters is 1. The molecule has 0 spiro atoms. The van der Waals surface area contributed by atoms with E-state index in [1.54, 1.807) is 39.2 Å². The van der Waals surface area contributed by atoms with Crippen LogP contribution in [0.15, 0.2) is 134 Å². The molecule has 1 amide bonds. The molecule has 1 fully saturated rings. The van der Waals surface area contributed by atoms with Crippen molar-refractivity contribution in [3.8, 4) is 11.1 Å². The van der Waals surface area contributed by atoms with Gasteiger partial charge in [-0.05, 0) is 71.4 Å². The second kappa shape index (κ2) is 16.3. The third-order valence-electron chi connectivity index (χ3n) is 10.5. The van der Waals surface area contributed by atoms with Gasteiger partial charge in [0.05, 0.1) is 24.0 Å². The molecule has 1 aliphatic carbocycles. The fourth-order valence-electron chi connectivity index (χ4n) is 7.82. The predicted octanol–water partition coefficient (Wildman–Crippen LogP) is 9.41. The standard InChI is InChI=1S/C46H48ClN5O5Si/c1-30-36(28-55-42(53)33-25-23-32(24-26-33)31-17-11-8-12-18-31)38(57-58(46(5,6)7,34-19-13-9-14-20-34)35-21-15-10-16-22-35)27-37(30)52-29-48-39-40(47)49-43(50-41(39)52)51-44(54)56-45(2,3)4/h8-26,29,36-38H,1,27-28H2,2-7H3,(H,49,50,51,54)/t36-,37-,38-/m0/s1. The first-order chi connectivity index (χ1) is 27.6. The van der Waals surface area contributed by atoms with Crippen LogP contribution in [0.1, 0.15) is 64.4 Å². The van der Waals surface area contributed by atoms with E-state index in [1.165, 1.54) is 0 Å². The lowest BCUT2D eigenvalue weighted by Crippen LogP contribution is -2.68. The summed E-state index contributed by atoms with van der Waals surface area (Å²) in [6, 6.07) is 37.9. The number of halogens is 1. The van der Waals surface area contributed by atoms with Crippen LogP contribution in [0, 0.1) is 5.92 Å². The SMILES string of the molecule is C=C1[C@H](COC(=O)c2ccc(-c3ccccc3)cc2)[C@@H](O[Si](c2ccccc2)(c2ccccc2)C(C)(C)C)C[C@@H]1n1cnc2c(Cl)nc(NC(=O)OC(C)(C)C)nc21. The second-order valence-electron chi connectivity index (χ2n) is 16.6. The molecule has 0 saturated heterocycles. The number of aromatic nitrogens is 4. The zero-order valence-electron chi connectivity index (χ0n) is 33.6. The van der Waals surface area contributed by atoms with Gasteiger partial charge in [0.25, 0.3) is 8.32 Å². The molecule has 0 bridgehead atoms. The van der Waals surface area contributed by atoms with Crippen LogP contribution in [-0.4, -0.2) is 58.2 Å². The van der Waals surface area contributed by atoms with Gasteiger partial charge in [0.15, 0.2) is 10.8 Å². The molecule has 1 saturated carbocycles. The fraction of sp³-hybridized carbons (Fsp3) is 0.283. The maximum absolute atomic E-state index is 13.7. The van der Waals surface area contributed by atoms with E-state index in [0.717, 1.165) is 27.1 Å². The average Bonchev–Trinajstić information content (AvgIpc) is 3.75. The van der Waals surface area contributed by atoms with E-state index < -0.39 is 38.0 Å². The Morgan fingerprint density at radius 2 is 1.40 bits per heavy atom. The Balaban J connectivity index is 1.26. The first-order valence-corrected chi connectivity index (χ1v) is 21.6. The minimum atomic E-state index is -3.08. The van der Waals surface area contributed by atoms with E-state index in [4.69, 9.17) is 25.5 Å². The van der Waals surface area contributed by atoms with Gasteiger partial charge in [-0.1, -0.05) is 142 Å². The normalized spacial score (nSPS) is 17.3. The third-order valence-corrected chi connectivity index (χ3v) is 15.8. The summed E-state index contributed by atoms with van der Waals surface area (Å²) in [4.78, 5) is 39.9. The molecule has 6 aromatic rings. The fourth-order valence-corrected chi connectivity index (χ4v) is 12.8. The van der Waals surface area contributed by atoms with E-state index in [2.05, 4.69) is 96.1 Å². The van der Waals surface area contributed by atoms with Crippen molar-refractivity contribution in [1.29, 1.82) is 0 Å². The van der Waals surface area contributed by atoms with Crippen molar-refractivity contribution in [2.75, 3.05) is 11.9 Å². The van der Waals surface area contributed by atoms with Crippen LogP contribution in [0.5, 0.6) is 0 Å². The zero-order valence-corrected chi connectivity index (χ0v) is 35.4. The number of fused-ring (bicyclic) bond motifs is 1. The van der Waals surface area contributed by atoms with E-state index in [1.807, 2.05) is 59.2 Å². The molecule has 298 valence electrons. The topological polar surface area (TPSA) is 117 Å². The van der Waals surface area contributed by atoms with Gasteiger partial charge in [-0.3, -0.25) is 5.32 Å². The second-order valence-corrected chi connectivity index (χ2v) is 21.2. The smallest absolute Gasteiger partial charge is 0.414 e. The van der Waals surface area contributed by atoms with Gasteiger partial charge in [0, 0.05) is 5.92 Å². The number of hydrogen-bond donors (Lipinski definition) is 1. The van der Waals surface area contributed by atoms with Crippen LogP contribution >= 0.6 is 11.6 Å². The van der Waals surface area contributed by atoms with Crippen molar-refractivity contribution >= 4 is 59.5 Å². The summed E-state index contributed by atoms with van der Waals surface area (Å²) in [5.41, 5.74) is 3.33. The molecule has 2 heterocycles. The highest BCUT2D eigenvalue weighted by molar-refractivity contribution is 6.99. The van der Waals surface area contributed by atoms with Crippen LogP contribution in [0.2, 0.25) is 10.2 Å². The van der Waals surface area contributed by atoms with Crippen molar-refractivity contribution in [2.24, 2.45) is 5.92 Å². The van der Waals surface area contributed by atoms with Crippen LogP contribution in [-0.2, 0) is 13.9 Å². The molecule has 0 radical (unpaired) electrons. The maximum atomic E-state index is 13.7. The van der Waals surface area contributed by atoms with E-state index in [0.29, 0.717) is 23.1 Å². The van der Waals surface area contributed by atoms with E-state index in [9.17, 15) is 9.59 Å². The molecule has 1 N–H and O–H groups in total. The van der Waals surface area contributed by atoms with Crippen molar-refractivity contribution in [3.05, 3.63) is 144 Å². The van der Waals surface area contributed by atoms with Crippen molar-refractivity contribution in [2.45, 2.75) is 70.7 Å².